The van der Waals surface area contributed by atoms with Crippen LogP contribution in [0.4, 0.5) is 13.2 Å². The molecule has 2 aromatic rings. The van der Waals surface area contributed by atoms with E-state index < -0.39 is 11.9 Å². The Morgan fingerprint density at radius 3 is 2.89 bits per heavy atom. The molecular weight excluding hydrogens is 363 g/mol. The van der Waals surface area contributed by atoms with Crippen LogP contribution in [0.3, 0.4) is 0 Å². The Labute approximate surface area is 153 Å². The summed E-state index contributed by atoms with van der Waals surface area (Å²) in [4.78, 5) is 22.2. The fraction of sp³-hybridized carbons (Fsp3) is 0.471. The molecule has 2 aromatic heterocycles. The van der Waals surface area contributed by atoms with Gasteiger partial charge in [-0.3, -0.25) is 9.36 Å². The zero-order chi connectivity index (χ0) is 19.2. The molecule has 1 amide bonds. The Hall–Kier alpha value is -2.46. The van der Waals surface area contributed by atoms with Crippen molar-refractivity contribution in [1.29, 1.82) is 0 Å². The molecule has 0 bridgehead atoms. The van der Waals surface area contributed by atoms with Crippen LogP contribution in [0.2, 0.25) is 0 Å². The summed E-state index contributed by atoms with van der Waals surface area (Å²) in [5.41, 5.74) is 0.0546. The third-order valence-electron chi connectivity index (χ3n) is 4.91. The number of fused-ring (bicyclic) bond motifs is 1. The molecule has 10 heteroatoms. The quantitative estimate of drug-likeness (QED) is 0.872. The highest BCUT2D eigenvalue weighted by Crippen LogP contribution is 2.30. The van der Waals surface area contributed by atoms with E-state index in [0.29, 0.717) is 19.7 Å². The average molecular weight is 381 g/mol. The van der Waals surface area contributed by atoms with Crippen LogP contribution < -0.4 is 5.32 Å². The second-order valence-corrected chi connectivity index (χ2v) is 6.72. The van der Waals surface area contributed by atoms with Gasteiger partial charge in [0.15, 0.2) is 5.69 Å². The number of halogens is 3. The van der Waals surface area contributed by atoms with Crippen molar-refractivity contribution in [2.75, 3.05) is 20.3 Å². The molecule has 7 nitrogen and oxygen atoms in total. The van der Waals surface area contributed by atoms with Crippen LogP contribution in [0, 0.1) is 0 Å². The number of imidazole rings is 1. The number of carbonyl (C=O) groups excluding carboxylic acids is 1. The van der Waals surface area contributed by atoms with Crippen LogP contribution >= 0.6 is 0 Å². The second kappa shape index (κ2) is 6.61. The molecule has 0 unspecified atom stereocenters. The summed E-state index contributed by atoms with van der Waals surface area (Å²) in [6.45, 7) is 1.71. The number of amides is 1. The number of nitrogens with one attached hydrogen (secondary N) is 1. The van der Waals surface area contributed by atoms with Gasteiger partial charge in [-0.15, -0.1) is 0 Å². The maximum Gasteiger partial charge on any atom is 0.434 e. The van der Waals surface area contributed by atoms with E-state index >= 15 is 0 Å². The van der Waals surface area contributed by atoms with Crippen molar-refractivity contribution in [2.45, 2.75) is 31.2 Å². The SMILES string of the molecule is COC[C@@H]1C[C@@H](N2Cc3ccc(-n4cnc(C(F)(F)F)c4)nc3C2=O)CN1. The molecule has 0 aromatic carbocycles. The Morgan fingerprint density at radius 2 is 2.19 bits per heavy atom. The fourth-order valence-corrected chi connectivity index (χ4v) is 3.58. The standard InChI is InChI=1S/C17H18F3N5O2/c1-27-8-11-4-12(5-21-11)25-6-10-2-3-14(23-15(10)16(25)26)24-7-13(22-9-24)17(18,19)20/h2-3,7,9,11-12,21H,4-6,8H2,1H3/t11-,12+/m0/s1. The third-order valence-corrected chi connectivity index (χ3v) is 4.91. The molecule has 4 heterocycles. The zero-order valence-electron chi connectivity index (χ0n) is 14.5. The number of carbonyl (C=O) groups is 1. The third kappa shape index (κ3) is 3.30. The van der Waals surface area contributed by atoms with Crippen molar-refractivity contribution in [3.8, 4) is 5.82 Å². The lowest BCUT2D eigenvalue weighted by molar-refractivity contribution is -0.140. The Bertz CT molecular complexity index is 866. The number of aromatic nitrogens is 3. The molecule has 0 radical (unpaired) electrons. The minimum atomic E-state index is -4.52. The van der Waals surface area contributed by atoms with E-state index in [1.807, 2.05) is 0 Å². The number of hydrogen-bond acceptors (Lipinski definition) is 5. The van der Waals surface area contributed by atoms with Crippen molar-refractivity contribution in [2.24, 2.45) is 0 Å². The van der Waals surface area contributed by atoms with Gasteiger partial charge in [0.1, 0.15) is 17.8 Å². The second-order valence-electron chi connectivity index (χ2n) is 6.72. The molecule has 0 aliphatic carbocycles. The molecule has 4 rings (SSSR count). The van der Waals surface area contributed by atoms with Crippen LogP contribution in [-0.2, 0) is 17.5 Å². The lowest BCUT2D eigenvalue weighted by Crippen LogP contribution is -2.37. The molecule has 0 saturated carbocycles. The van der Waals surface area contributed by atoms with E-state index in [-0.39, 0.29) is 29.5 Å². The van der Waals surface area contributed by atoms with E-state index in [4.69, 9.17) is 4.74 Å². The van der Waals surface area contributed by atoms with Crippen LogP contribution in [0.25, 0.3) is 5.82 Å². The monoisotopic (exact) mass is 381 g/mol. The number of pyridine rings is 1. The minimum Gasteiger partial charge on any atom is -0.383 e. The van der Waals surface area contributed by atoms with Crippen molar-refractivity contribution >= 4 is 5.91 Å². The molecule has 2 atom stereocenters. The minimum absolute atomic E-state index is 0.0420. The van der Waals surface area contributed by atoms with Crippen molar-refractivity contribution < 1.29 is 22.7 Å². The Kier molecular flexibility index (Phi) is 4.39. The first-order valence-electron chi connectivity index (χ1n) is 8.51. The highest BCUT2D eigenvalue weighted by molar-refractivity contribution is 5.96. The lowest BCUT2D eigenvalue weighted by Gasteiger charge is -2.22. The normalized spacial score (nSPS) is 22.5. The number of nitrogens with zero attached hydrogens (tertiary/aromatic N) is 4. The topological polar surface area (TPSA) is 72.3 Å². The van der Waals surface area contributed by atoms with E-state index in [1.54, 1.807) is 24.1 Å². The van der Waals surface area contributed by atoms with Gasteiger partial charge in [0, 0.05) is 44.0 Å². The summed E-state index contributed by atoms with van der Waals surface area (Å²) in [6, 6.07) is 3.57. The highest BCUT2D eigenvalue weighted by atomic mass is 19.4. The van der Waals surface area contributed by atoms with Gasteiger partial charge in [0.2, 0.25) is 0 Å². The predicted molar refractivity (Wildman–Crippen MR) is 88.3 cm³/mol. The summed E-state index contributed by atoms with van der Waals surface area (Å²) >= 11 is 0. The fourth-order valence-electron chi connectivity index (χ4n) is 3.58. The maximum atomic E-state index is 12.8. The average Bonchev–Trinajstić information content (AvgIpc) is 3.33. The molecule has 27 heavy (non-hydrogen) atoms. The van der Waals surface area contributed by atoms with E-state index in [0.717, 1.165) is 24.5 Å². The summed E-state index contributed by atoms with van der Waals surface area (Å²) in [5, 5.41) is 3.33. The van der Waals surface area contributed by atoms with Gasteiger partial charge in [0.25, 0.3) is 5.91 Å². The Morgan fingerprint density at radius 1 is 1.37 bits per heavy atom. The van der Waals surface area contributed by atoms with Crippen molar-refractivity contribution in [1.82, 2.24) is 24.8 Å². The first-order valence-corrected chi connectivity index (χ1v) is 8.51. The van der Waals surface area contributed by atoms with E-state index in [2.05, 4.69) is 15.3 Å². The Balaban J connectivity index is 1.54. The molecule has 1 N–H and O–H groups in total. The zero-order valence-corrected chi connectivity index (χ0v) is 14.5. The van der Waals surface area contributed by atoms with Gasteiger partial charge in [-0.05, 0) is 12.5 Å². The van der Waals surface area contributed by atoms with Gasteiger partial charge in [-0.1, -0.05) is 6.07 Å². The molecule has 2 aliphatic heterocycles. The van der Waals surface area contributed by atoms with Gasteiger partial charge in [-0.2, -0.15) is 13.2 Å². The number of alkyl halides is 3. The largest absolute Gasteiger partial charge is 0.434 e. The first kappa shape index (κ1) is 17.9. The number of rotatable bonds is 4. The summed E-state index contributed by atoms with van der Waals surface area (Å²) < 4.78 is 44.5. The van der Waals surface area contributed by atoms with Gasteiger partial charge < -0.3 is 15.0 Å². The van der Waals surface area contributed by atoms with Crippen LogP contribution in [0.5, 0.6) is 0 Å². The molecule has 144 valence electrons. The summed E-state index contributed by atoms with van der Waals surface area (Å²) in [6.07, 6.45) is -1.83. The molecule has 1 fully saturated rings. The van der Waals surface area contributed by atoms with Crippen molar-refractivity contribution in [3.63, 3.8) is 0 Å². The maximum absolute atomic E-state index is 12.8. The smallest absolute Gasteiger partial charge is 0.383 e. The summed E-state index contributed by atoms with van der Waals surface area (Å²) in [7, 11) is 1.64. The van der Waals surface area contributed by atoms with Gasteiger partial charge >= 0.3 is 6.18 Å². The van der Waals surface area contributed by atoms with Crippen LogP contribution in [-0.4, -0.2) is 57.7 Å². The first-order chi connectivity index (χ1) is 12.9. The van der Waals surface area contributed by atoms with E-state index in [1.165, 1.54) is 4.57 Å². The van der Waals surface area contributed by atoms with Crippen LogP contribution in [0.15, 0.2) is 24.7 Å². The molecule has 0 spiro atoms. The molecule has 2 aliphatic rings. The number of hydrogen-bond donors (Lipinski definition) is 1. The summed E-state index contributed by atoms with van der Waals surface area (Å²) in [5.74, 6) is 0.0293. The predicted octanol–water partition coefficient (Wildman–Crippen LogP) is 1.62. The molecule has 1 saturated heterocycles. The highest BCUT2D eigenvalue weighted by Gasteiger charge is 2.38. The van der Waals surface area contributed by atoms with Gasteiger partial charge in [0.05, 0.1) is 6.61 Å². The lowest BCUT2D eigenvalue weighted by atomic mass is 10.1. The van der Waals surface area contributed by atoms with Crippen LogP contribution in [0.1, 0.15) is 28.2 Å². The number of methoxy groups -OCH3 is 1. The van der Waals surface area contributed by atoms with Gasteiger partial charge in [-0.25, -0.2) is 9.97 Å². The number of ether oxygens (including phenoxy) is 1. The molecular formula is C17H18F3N5O2. The van der Waals surface area contributed by atoms with Crippen molar-refractivity contribution in [3.05, 3.63) is 41.6 Å². The van der Waals surface area contributed by atoms with E-state index in [9.17, 15) is 18.0 Å².